The summed E-state index contributed by atoms with van der Waals surface area (Å²) in [7, 11) is 0. The Morgan fingerprint density at radius 2 is 2.05 bits per heavy atom. The number of carboxylic acids is 2. The minimum Gasteiger partial charge on any atom is -0.481 e. The second-order valence-corrected chi connectivity index (χ2v) is 7.39. The van der Waals surface area contributed by atoms with Crippen molar-refractivity contribution in [3.8, 4) is 0 Å². The maximum Gasteiger partial charge on any atom is 0.345 e. The van der Waals surface area contributed by atoms with Crippen molar-refractivity contribution in [3.05, 3.63) is 32.5 Å². The summed E-state index contributed by atoms with van der Waals surface area (Å²) in [5.74, 6) is -1.14. The molecule has 0 atom stereocenters. The van der Waals surface area contributed by atoms with E-state index in [0.29, 0.717) is 10.6 Å². The predicted octanol–water partition coefficient (Wildman–Crippen LogP) is 3.13. The summed E-state index contributed by atoms with van der Waals surface area (Å²) < 4.78 is 0.809. The van der Waals surface area contributed by atoms with Gasteiger partial charge in [-0.25, -0.2) is 9.78 Å². The first-order chi connectivity index (χ1) is 9.45. The van der Waals surface area contributed by atoms with E-state index in [1.54, 1.807) is 19.1 Å². The van der Waals surface area contributed by atoms with Gasteiger partial charge in [-0.15, -0.1) is 22.7 Å². The summed E-state index contributed by atoms with van der Waals surface area (Å²) in [6.07, 6.45) is -0.00771. The number of nitrogens with zero attached hydrogens (tertiary/aromatic N) is 1. The van der Waals surface area contributed by atoms with Crippen molar-refractivity contribution in [2.75, 3.05) is 0 Å². The molecule has 2 heterocycles. The van der Waals surface area contributed by atoms with Gasteiger partial charge >= 0.3 is 11.9 Å². The highest BCUT2D eigenvalue weighted by atomic mass is 32.2. The minimum atomic E-state index is -0.917. The van der Waals surface area contributed by atoms with Gasteiger partial charge in [0, 0.05) is 15.5 Å². The summed E-state index contributed by atoms with van der Waals surface area (Å²) in [6.45, 7) is 1.80. The van der Waals surface area contributed by atoms with E-state index in [4.69, 9.17) is 10.2 Å². The van der Waals surface area contributed by atoms with Crippen LogP contribution in [0, 0.1) is 6.92 Å². The molecule has 106 valence electrons. The van der Waals surface area contributed by atoms with E-state index in [9.17, 15) is 9.59 Å². The summed E-state index contributed by atoms with van der Waals surface area (Å²) >= 11 is 4.12. The molecule has 5 nitrogen and oxygen atoms in total. The number of aromatic nitrogens is 1. The van der Waals surface area contributed by atoms with E-state index in [1.807, 2.05) is 0 Å². The topological polar surface area (TPSA) is 87.5 Å². The number of carboxylic acid groups (broad SMARTS) is 2. The zero-order valence-corrected chi connectivity index (χ0v) is 12.9. The van der Waals surface area contributed by atoms with Crippen molar-refractivity contribution in [2.45, 2.75) is 23.4 Å². The molecule has 0 bridgehead atoms. The zero-order valence-electron chi connectivity index (χ0n) is 10.5. The van der Waals surface area contributed by atoms with Gasteiger partial charge in [-0.2, -0.15) is 0 Å². The predicted molar refractivity (Wildman–Crippen MR) is 79.0 cm³/mol. The Balaban J connectivity index is 1.99. The molecule has 0 aliphatic heterocycles. The molecule has 0 fully saturated rings. The van der Waals surface area contributed by atoms with Crippen molar-refractivity contribution in [3.63, 3.8) is 0 Å². The van der Waals surface area contributed by atoms with Crippen LogP contribution in [-0.4, -0.2) is 27.1 Å². The third kappa shape index (κ3) is 3.81. The smallest absolute Gasteiger partial charge is 0.345 e. The van der Waals surface area contributed by atoms with E-state index >= 15 is 0 Å². The van der Waals surface area contributed by atoms with Gasteiger partial charge in [0.05, 0.1) is 12.1 Å². The number of aromatic carboxylic acids is 1. The highest BCUT2D eigenvalue weighted by molar-refractivity contribution is 8.00. The quantitative estimate of drug-likeness (QED) is 0.792. The van der Waals surface area contributed by atoms with Crippen LogP contribution in [0.15, 0.2) is 16.5 Å². The molecule has 0 saturated carbocycles. The largest absolute Gasteiger partial charge is 0.481 e. The number of thiophene rings is 1. The Labute approximate surface area is 127 Å². The first kappa shape index (κ1) is 15.0. The lowest BCUT2D eigenvalue weighted by atomic mass is 10.3. The maximum absolute atomic E-state index is 10.8. The van der Waals surface area contributed by atoms with Gasteiger partial charge in [0.2, 0.25) is 0 Å². The Bertz CT molecular complexity index is 647. The molecule has 0 saturated heterocycles. The fraction of sp³-hybridized carbons (Fsp3) is 0.250. The van der Waals surface area contributed by atoms with E-state index in [-0.39, 0.29) is 6.42 Å². The van der Waals surface area contributed by atoms with Gasteiger partial charge < -0.3 is 10.2 Å². The SMILES string of the molecule is Cc1nc(SCc2ccc(C(=O)O)s2)sc1CC(=O)O. The van der Waals surface area contributed by atoms with Crippen LogP contribution in [0.25, 0.3) is 0 Å². The molecule has 2 aromatic heterocycles. The van der Waals surface area contributed by atoms with Crippen LogP contribution in [0.5, 0.6) is 0 Å². The average Bonchev–Trinajstić information content (AvgIpc) is 2.94. The second kappa shape index (κ2) is 6.38. The van der Waals surface area contributed by atoms with Crippen LogP contribution in [0.4, 0.5) is 0 Å². The maximum atomic E-state index is 10.8. The molecule has 0 unspecified atom stereocenters. The van der Waals surface area contributed by atoms with E-state index < -0.39 is 11.9 Å². The average molecular weight is 329 g/mol. The normalized spacial score (nSPS) is 10.7. The number of thiazole rings is 1. The van der Waals surface area contributed by atoms with Crippen LogP contribution >= 0.6 is 34.4 Å². The summed E-state index contributed by atoms with van der Waals surface area (Å²) in [4.78, 5) is 27.8. The number of hydrogen-bond acceptors (Lipinski definition) is 6. The molecule has 0 spiro atoms. The van der Waals surface area contributed by atoms with Gasteiger partial charge in [0.25, 0.3) is 0 Å². The zero-order chi connectivity index (χ0) is 14.7. The summed E-state index contributed by atoms with van der Waals surface area (Å²) in [5, 5.41) is 17.6. The molecule has 0 aliphatic carbocycles. The third-order valence-corrected chi connectivity index (χ3v) is 6.00. The highest BCUT2D eigenvalue weighted by Crippen LogP contribution is 2.31. The van der Waals surface area contributed by atoms with Crippen molar-refractivity contribution < 1.29 is 19.8 Å². The Hall–Kier alpha value is -1.38. The van der Waals surface area contributed by atoms with Gasteiger partial charge in [-0.05, 0) is 19.1 Å². The van der Waals surface area contributed by atoms with Crippen molar-refractivity contribution in [2.24, 2.45) is 0 Å². The van der Waals surface area contributed by atoms with Gasteiger partial charge in [0.15, 0.2) is 4.34 Å². The lowest BCUT2D eigenvalue weighted by molar-refractivity contribution is -0.136. The Kier molecular flexibility index (Phi) is 4.79. The third-order valence-electron chi connectivity index (χ3n) is 2.40. The Morgan fingerprint density at radius 1 is 1.30 bits per heavy atom. The number of hydrogen-bond donors (Lipinski definition) is 2. The second-order valence-electron chi connectivity index (χ2n) is 3.92. The summed E-state index contributed by atoms with van der Waals surface area (Å²) in [6, 6.07) is 3.38. The van der Waals surface area contributed by atoms with Crippen LogP contribution < -0.4 is 0 Å². The summed E-state index contributed by atoms with van der Waals surface area (Å²) in [5.41, 5.74) is 0.748. The van der Waals surface area contributed by atoms with Crippen LogP contribution in [0.1, 0.15) is 25.1 Å². The lowest BCUT2D eigenvalue weighted by Crippen LogP contribution is -1.99. The van der Waals surface area contributed by atoms with Crippen molar-refractivity contribution in [1.82, 2.24) is 4.98 Å². The molecule has 2 aromatic rings. The van der Waals surface area contributed by atoms with Crippen LogP contribution in [0.3, 0.4) is 0 Å². The molecular weight excluding hydrogens is 318 g/mol. The standard InChI is InChI=1S/C12H11NO4S3/c1-6-9(4-10(14)15)20-12(13-6)18-5-7-2-3-8(19-7)11(16)17/h2-3H,4-5H2,1H3,(H,14,15)(H,16,17). The first-order valence-corrected chi connectivity index (χ1v) is 8.20. The molecular formula is C12H11NO4S3. The number of thioether (sulfide) groups is 1. The van der Waals surface area contributed by atoms with E-state index in [2.05, 4.69) is 4.98 Å². The lowest BCUT2D eigenvalue weighted by Gasteiger charge is -1.93. The van der Waals surface area contributed by atoms with Crippen molar-refractivity contribution >= 4 is 46.4 Å². The first-order valence-electron chi connectivity index (χ1n) is 5.58. The number of aliphatic carboxylic acids is 1. The number of carbonyl (C=O) groups is 2. The van der Waals surface area contributed by atoms with Crippen molar-refractivity contribution in [1.29, 1.82) is 0 Å². The Morgan fingerprint density at radius 3 is 2.65 bits per heavy atom. The molecule has 0 amide bonds. The molecule has 8 heteroatoms. The van der Waals surface area contributed by atoms with Gasteiger partial charge in [-0.3, -0.25) is 4.79 Å². The number of aryl methyl sites for hydroxylation is 1. The monoisotopic (exact) mass is 329 g/mol. The fourth-order valence-corrected chi connectivity index (χ4v) is 4.58. The molecule has 0 aliphatic rings. The molecule has 0 radical (unpaired) electrons. The number of rotatable bonds is 6. The fourth-order valence-electron chi connectivity index (χ4n) is 1.47. The van der Waals surface area contributed by atoms with Gasteiger partial charge in [-0.1, -0.05) is 11.8 Å². The van der Waals surface area contributed by atoms with E-state index in [1.165, 1.54) is 34.4 Å². The minimum absolute atomic E-state index is 0.00771. The molecule has 20 heavy (non-hydrogen) atoms. The molecule has 0 aromatic carbocycles. The van der Waals surface area contributed by atoms with Crippen LogP contribution in [0.2, 0.25) is 0 Å². The van der Waals surface area contributed by atoms with Crippen LogP contribution in [-0.2, 0) is 17.0 Å². The molecule has 2 N–H and O–H groups in total. The highest BCUT2D eigenvalue weighted by Gasteiger charge is 2.12. The molecule has 2 rings (SSSR count). The van der Waals surface area contributed by atoms with Gasteiger partial charge in [0.1, 0.15) is 4.88 Å². The van der Waals surface area contributed by atoms with E-state index in [0.717, 1.165) is 19.8 Å².